The van der Waals surface area contributed by atoms with Crippen molar-refractivity contribution in [1.29, 1.82) is 0 Å². The highest BCUT2D eigenvalue weighted by atomic mass is 32.2. The number of halogens is 1. The first-order valence-corrected chi connectivity index (χ1v) is 10.4. The average molecular weight is 426 g/mol. The maximum Gasteiger partial charge on any atom is 0.261 e. The molecule has 0 saturated heterocycles. The molecule has 0 saturated carbocycles. The highest BCUT2D eigenvalue weighted by molar-refractivity contribution is 7.92. The Kier molecular flexibility index (Phi) is 6.48. The van der Waals surface area contributed by atoms with Gasteiger partial charge in [0.25, 0.3) is 15.9 Å². The number of carbonyl (C=O) groups excluding carboxylic acids is 1. The van der Waals surface area contributed by atoms with E-state index in [0.29, 0.717) is 18.0 Å². The molecule has 0 aliphatic carbocycles. The Morgan fingerprint density at radius 2 is 1.73 bits per heavy atom. The van der Waals surface area contributed by atoms with E-state index in [1.165, 1.54) is 36.4 Å². The summed E-state index contributed by atoms with van der Waals surface area (Å²) < 4.78 is 46.0. The number of carbonyl (C=O) groups is 1. The zero-order valence-corrected chi connectivity index (χ0v) is 16.7. The normalized spacial score (nSPS) is 10.8. The van der Waals surface area contributed by atoms with E-state index in [9.17, 15) is 17.6 Å². The smallest absolute Gasteiger partial charge is 0.261 e. The van der Waals surface area contributed by atoms with E-state index < -0.39 is 21.7 Å². The Morgan fingerprint density at radius 1 is 1.00 bits per heavy atom. The van der Waals surface area contributed by atoms with Crippen molar-refractivity contribution in [3.05, 3.63) is 96.8 Å². The number of hydrogen-bond donors (Lipinski definition) is 2. The first-order chi connectivity index (χ1) is 14.4. The quantitative estimate of drug-likeness (QED) is 0.522. The molecule has 3 aromatic rings. The van der Waals surface area contributed by atoms with E-state index in [0.717, 1.165) is 12.1 Å². The molecule has 0 aliphatic rings. The molecule has 154 valence electrons. The Balaban J connectivity index is 1.76. The molecule has 0 heterocycles. The van der Waals surface area contributed by atoms with Gasteiger partial charge in [0.2, 0.25) is 0 Å². The highest BCUT2D eigenvalue weighted by Crippen LogP contribution is 2.20. The van der Waals surface area contributed by atoms with Crippen LogP contribution in [-0.2, 0) is 10.0 Å². The maximum absolute atomic E-state index is 13.0. The predicted octanol–water partition coefficient (Wildman–Crippen LogP) is 4.44. The monoisotopic (exact) mass is 426 g/mol. The number of sulfonamides is 1. The van der Waals surface area contributed by atoms with Gasteiger partial charge in [0.15, 0.2) is 0 Å². The molecule has 0 fully saturated rings. The van der Waals surface area contributed by atoms with Crippen molar-refractivity contribution in [3.8, 4) is 5.75 Å². The molecule has 3 aromatic carbocycles. The number of nitrogens with one attached hydrogen (secondary N) is 2. The second-order valence-corrected chi connectivity index (χ2v) is 7.90. The van der Waals surface area contributed by atoms with Crippen LogP contribution < -0.4 is 14.8 Å². The van der Waals surface area contributed by atoms with E-state index in [4.69, 9.17) is 4.74 Å². The molecule has 0 unspecified atom stereocenters. The van der Waals surface area contributed by atoms with Crippen LogP contribution in [0, 0.1) is 5.82 Å². The molecule has 0 atom stereocenters. The van der Waals surface area contributed by atoms with Crippen LogP contribution in [0.5, 0.6) is 5.75 Å². The third kappa shape index (κ3) is 5.45. The summed E-state index contributed by atoms with van der Waals surface area (Å²) in [7, 11) is -3.95. The lowest BCUT2D eigenvalue weighted by molar-refractivity contribution is 0.102. The van der Waals surface area contributed by atoms with Gasteiger partial charge in [-0.25, -0.2) is 12.8 Å². The van der Waals surface area contributed by atoms with Crippen molar-refractivity contribution in [3.63, 3.8) is 0 Å². The first-order valence-electron chi connectivity index (χ1n) is 8.91. The maximum atomic E-state index is 13.0. The zero-order chi connectivity index (χ0) is 21.6. The van der Waals surface area contributed by atoms with Gasteiger partial charge in [-0.1, -0.05) is 24.8 Å². The van der Waals surface area contributed by atoms with Crippen LogP contribution in [0.2, 0.25) is 0 Å². The van der Waals surface area contributed by atoms with Crippen LogP contribution in [0.25, 0.3) is 0 Å². The topological polar surface area (TPSA) is 84.5 Å². The Bertz CT molecular complexity index is 1160. The van der Waals surface area contributed by atoms with Crippen LogP contribution in [-0.4, -0.2) is 20.9 Å². The van der Waals surface area contributed by atoms with Crippen LogP contribution in [0.3, 0.4) is 0 Å². The molecule has 30 heavy (non-hydrogen) atoms. The number of rotatable bonds is 8. The van der Waals surface area contributed by atoms with E-state index in [2.05, 4.69) is 16.6 Å². The lowest BCUT2D eigenvalue weighted by Crippen LogP contribution is -2.16. The summed E-state index contributed by atoms with van der Waals surface area (Å²) in [5.74, 6) is -0.391. The summed E-state index contributed by atoms with van der Waals surface area (Å²) in [4.78, 5) is 12.5. The van der Waals surface area contributed by atoms with Crippen molar-refractivity contribution in [2.75, 3.05) is 16.6 Å². The van der Waals surface area contributed by atoms with Gasteiger partial charge in [0.05, 0.1) is 4.90 Å². The van der Waals surface area contributed by atoms with E-state index in [-0.39, 0.29) is 16.1 Å². The second-order valence-electron chi connectivity index (χ2n) is 6.22. The van der Waals surface area contributed by atoms with Gasteiger partial charge >= 0.3 is 0 Å². The molecule has 8 heteroatoms. The first kappa shape index (κ1) is 21.1. The van der Waals surface area contributed by atoms with Gasteiger partial charge < -0.3 is 10.1 Å². The van der Waals surface area contributed by atoms with Crippen molar-refractivity contribution >= 4 is 27.3 Å². The average Bonchev–Trinajstić information content (AvgIpc) is 2.74. The molecule has 0 spiro atoms. The van der Waals surface area contributed by atoms with Gasteiger partial charge in [0.1, 0.15) is 18.2 Å². The SMILES string of the molecule is C=CCOc1cccc(NC(=O)c2cccc(S(=O)(=O)Nc3ccc(F)cc3)c2)c1. The third-order valence-corrected chi connectivity index (χ3v) is 5.34. The van der Waals surface area contributed by atoms with Gasteiger partial charge in [0, 0.05) is 23.0 Å². The van der Waals surface area contributed by atoms with Gasteiger partial charge in [-0.3, -0.25) is 9.52 Å². The van der Waals surface area contributed by atoms with Crippen molar-refractivity contribution < 1.29 is 22.3 Å². The van der Waals surface area contributed by atoms with Gasteiger partial charge in [-0.05, 0) is 54.6 Å². The Morgan fingerprint density at radius 3 is 2.47 bits per heavy atom. The van der Waals surface area contributed by atoms with Crippen molar-refractivity contribution in [2.24, 2.45) is 0 Å². The van der Waals surface area contributed by atoms with E-state index in [1.54, 1.807) is 30.3 Å². The molecular weight excluding hydrogens is 407 g/mol. The van der Waals surface area contributed by atoms with Crippen LogP contribution in [0.15, 0.2) is 90.3 Å². The van der Waals surface area contributed by atoms with Crippen LogP contribution >= 0.6 is 0 Å². The van der Waals surface area contributed by atoms with E-state index >= 15 is 0 Å². The number of hydrogen-bond acceptors (Lipinski definition) is 4. The highest BCUT2D eigenvalue weighted by Gasteiger charge is 2.17. The van der Waals surface area contributed by atoms with Gasteiger partial charge in [-0.2, -0.15) is 0 Å². The molecular formula is C22H19FN2O4S. The number of anilines is 2. The second kappa shape index (κ2) is 9.23. The molecule has 3 rings (SSSR count). The largest absolute Gasteiger partial charge is 0.489 e. The predicted molar refractivity (Wildman–Crippen MR) is 114 cm³/mol. The fourth-order valence-corrected chi connectivity index (χ4v) is 3.66. The van der Waals surface area contributed by atoms with Crippen LogP contribution in [0.1, 0.15) is 10.4 Å². The molecule has 0 aliphatic heterocycles. The minimum atomic E-state index is -3.95. The molecule has 0 bridgehead atoms. The fraction of sp³-hybridized carbons (Fsp3) is 0.0455. The summed E-state index contributed by atoms with van der Waals surface area (Å²) in [5, 5.41) is 2.71. The summed E-state index contributed by atoms with van der Waals surface area (Å²) in [6, 6.07) is 17.3. The van der Waals surface area contributed by atoms with Crippen LogP contribution in [0.4, 0.5) is 15.8 Å². The lowest BCUT2D eigenvalue weighted by atomic mass is 10.2. The standard InChI is InChI=1S/C22H19FN2O4S/c1-2-13-29-20-7-4-6-19(15-20)24-22(26)16-5-3-8-21(14-16)30(27,28)25-18-11-9-17(23)10-12-18/h2-12,14-15,25H,1,13H2,(H,24,26). The number of ether oxygens (including phenoxy) is 1. The molecule has 1 amide bonds. The fourth-order valence-electron chi connectivity index (χ4n) is 2.56. The summed E-state index contributed by atoms with van der Waals surface area (Å²) >= 11 is 0. The molecule has 0 aromatic heterocycles. The summed E-state index contributed by atoms with van der Waals surface area (Å²) in [6.07, 6.45) is 1.61. The lowest BCUT2D eigenvalue weighted by Gasteiger charge is -2.11. The van der Waals surface area contributed by atoms with Crippen molar-refractivity contribution in [1.82, 2.24) is 0 Å². The van der Waals surface area contributed by atoms with E-state index in [1.807, 2.05) is 0 Å². The summed E-state index contributed by atoms with van der Waals surface area (Å²) in [6.45, 7) is 3.91. The number of amides is 1. The number of benzene rings is 3. The Hall–Kier alpha value is -3.65. The summed E-state index contributed by atoms with van der Waals surface area (Å²) in [5.41, 5.74) is 0.872. The molecule has 0 radical (unpaired) electrons. The minimum Gasteiger partial charge on any atom is -0.489 e. The third-order valence-electron chi connectivity index (χ3n) is 3.96. The molecule has 2 N–H and O–H groups in total. The van der Waals surface area contributed by atoms with Crippen molar-refractivity contribution in [2.45, 2.75) is 4.90 Å². The van der Waals surface area contributed by atoms with Gasteiger partial charge in [-0.15, -0.1) is 0 Å². The molecule has 6 nitrogen and oxygen atoms in total. The zero-order valence-electron chi connectivity index (χ0n) is 15.8. The minimum absolute atomic E-state index is 0.0949. The Labute approximate surface area is 174 Å².